The predicted octanol–water partition coefficient (Wildman–Crippen LogP) is 4.52. The maximum absolute atomic E-state index is 14.0. The minimum absolute atomic E-state index is 0.0307. The molecule has 144 valence electrons. The number of halogens is 1. The summed E-state index contributed by atoms with van der Waals surface area (Å²) in [5, 5.41) is 0. The molecule has 0 unspecified atom stereocenters. The second-order valence-corrected chi connectivity index (χ2v) is 9.01. The van der Waals surface area contributed by atoms with Crippen LogP contribution in [0.15, 0.2) is 48.5 Å². The van der Waals surface area contributed by atoms with Crippen molar-refractivity contribution in [1.29, 1.82) is 0 Å². The number of carbonyl (C=O) groups excluding carboxylic acids is 2. The van der Waals surface area contributed by atoms with Gasteiger partial charge in [-0.25, -0.2) is 4.39 Å². The van der Waals surface area contributed by atoms with Crippen LogP contribution in [0.25, 0.3) is 10.4 Å². The maximum atomic E-state index is 14.0. The van der Waals surface area contributed by atoms with E-state index in [9.17, 15) is 14.0 Å². The fourth-order valence-electron chi connectivity index (χ4n) is 3.23. The Morgan fingerprint density at radius 2 is 1.39 bits per heavy atom. The molecular formula is C21H19FN2O2S2. The van der Waals surface area contributed by atoms with Gasteiger partial charge in [-0.3, -0.25) is 9.59 Å². The second-order valence-electron chi connectivity index (χ2n) is 6.64. The Morgan fingerprint density at radius 3 is 1.96 bits per heavy atom. The van der Waals surface area contributed by atoms with Gasteiger partial charge in [0.25, 0.3) is 11.8 Å². The number of aryl methyl sites for hydroxylation is 1. The summed E-state index contributed by atoms with van der Waals surface area (Å²) in [7, 11) is 0. The number of hydrogen-bond donors (Lipinski definition) is 0. The molecule has 4 nitrogen and oxygen atoms in total. The summed E-state index contributed by atoms with van der Waals surface area (Å²) in [4.78, 5) is 32.1. The molecule has 1 saturated heterocycles. The van der Waals surface area contributed by atoms with E-state index in [1.54, 1.807) is 40.1 Å². The highest BCUT2D eigenvalue weighted by Crippen LogP contribution is 2.31. The number of rotatable bonds is 3. The summed E-state index contributed by atoms with van der Waals surface area (Å²) in [5.41, 5.74) is 0.508. The van der Waals surface area contributed by atoms with Gasteiger partial charge in [-0.1, -0.05) is 18.2 Å². The van der Waals surface area contributed by atoms with Crippen molar-refractivity contribution in [1.82, 2.24) is 9.80 Å². The summed E-state index contributed by atoms with van der Waals surface area (Å²) in [6, 6.07) is 13.9. The topological polar surface area (TPSA) is 40.6 Å². The second kappa shape index (κ2) is 7.85. The Kier molecular flexibility index (Phi) is 5.28. The van der Waals surface area contributed by atoms with E-state index in [-0.39, 0.29) is 17.6 Å². The van der Waals surface area contributed by atoms with E-state index >= 15 is 0 Å². The van der Waals surface area contributed by atoms with Crippen LogP contribution in [0.2, 0.25) is 0 Å². The van der Waals surface area contributed by atoms with Crippen molar-refractivity contribution in [3.05, 3.63) is 69.0 Å². The molecule has 2 amide bonds. The molecule has 3 aromatic rings. The van der Waals surface area contributed by atoms with Gasteiger partial charge in [-0.15, -0.1) is 22.7 Å². The van der Waals surface area contributed by atoms with Gasteiger partial charge in [0.15, 0.2) is 0 Å². The predicted molar refractivity (Wildman–Crippen MR) is 111 cm³/mol. The average Bonchev–Trinajstić information content (AvgIpc) is 3.37. The van der Waals surface area contributed by atoms with E-state index in [4.69, 9.17) is 0 Å². The van der Waals surface area contributed by atoms with E-state index in [0.29, 0.717) is 36.6 Å². The zero-order valence-electron chi connectivity index (χ0n) is 15.4. The lowest BCUT2D eigenvalue weighted by Gasteiger charge is -2.34. The number of benzene rings is 1. The van der Waals surface area contributed by atoms with Crippen molar-refractivity contribution in [3.63, 3.8) is 0 Å². The molecule has 0 aliphatic carbocycles. The molecule has 28 heavy (non-hydrogen) atoms. The first-order valence-electron chi connectivity index (χ1n) is 9.02. The third kappa shape index (κ3) is 3.72. The third-order valence-corrected chi connectivity index (χ3v) is 6.86. The zero-order chi connectivity index (χ0) is 19.7. The lowest BCUT2D eigenvalue weighted by atomic mass is 10.2. The monoisotopic (exact) mass is 414 g/mol. The SMILES string of the molecule is Cc1ccc(C(=O)N2CCN(C(=O)c3ccc(-c4ccccc4F)s3)CC2)s1. The molecule has 3 heterocycles. The smallest absolute Gasteiger partial charge is 0.264 e. The van der Waals surface area contributed by atoms with Gasteiger partial charge in [0, 0.05) is 41.5 Å². The Morgan fingerprint density at radius 1 is 0.821 bits per heavy atom. The average molecular weight is 415 g/mol. The van der Waals surface area contributed by atoms with Gasteiger partial charge in [-0.2, -0.15) is 0 Å². The van der Waals surface area contributed by atoms with E-state index in [2.05, 4.69) is 0 Å². The molecule has 2 aromatic heterocycles. The molecule has 0 saturated carbocycles. The van der Waals surface area contributed by atoms with E-state index in [0.717, 1.165) is 14.6 Å². The summed E-state index contributed by atoms with van der Waals surface area (Å²) >= 11 is 2.79. The standard InChI is InChI=1S/C21H19FN2O2S2/c1-14-6-7-18(27-14)20(25)23-10-12-24(13-11-23)21(26)19-9-8-17(28-19)15-4-2-3-5-16(15)22/h2-9H,10-13H2,1H3. The van der Waals surface area contributed by atoms with E-state index < -0.39 is 0 Å². The van der Waals surface area contributed by atoms with E-state index in [1.807, 2.05) is 19.1 Å². The molecule has 0 atom stereocenters. The van der Waals surface area contributed by atoms with Gasteiger partial charge in [0.2, 0.25) is 0 Å². The molecule has 0 radical (unpaired) electrons. The number of carbonyl (C=O) groups is 2. The Labute approximate surface area is 170 Å². The van der Waals surface area contributed by atoms with Crippen molar-refractivity contribution in [2.75, 3.05) is 26.2 Å². The molecule has 1 aromatic carbocycles. The highest BCUT2D eigenvalue weighted by atomic mass is 32.1. The number of nitrogens with zero attached hydrogens (tertiary/aromatic N) is 2. The van der Waals surface area contributed by atoms with Crippen LogP contribution < -0.4 is 0 Å². The summed E-state index contributed by atoms with van der Waals surface area (Å²) in [6.07, 6.45) is 0. The van der Waals surface area contributed by atoms with Gasteiger partial charge in [0.1, 0.15) is 5.82 Å². The van der Waals surface area contributed by atoms with Crippen molar-refractivity contribution < 1.29 is 14.0 Å². The number of hydrogen-bond acceptors (Lipinski definition) is 4. The Balaban J connectivity index is 1.41. The number of thiophene rings is 2. The lowest BCUT2D eigenvalue weighted by molar-refractivity contribution is 0.0541. The molecular weight excluding hydrogens is 395 g/mol. The normalized spacial score (nSPS) is 14.4. The fourth-order valence-corrected chi connectivity index (χ4v) is 5.07. The highest BCUT2D eigenvalue weighted by molar-refractivity contribution is 7.17. The zero-order valence-corrected chi connectivity index (χ0v) is 17.0. The summed E-state index contributed by atoms with van der Waals surface area (Å²) in [6.45, 7) is 4.03. The minimum atomic E-state index is -0.292. The van der Waals surface area contributed by atoms with Crippen LogP contribution in [0, 0.1) is 12.7 Å². The van der Waals surface area contributed by atoms with Gasteiger partial charge >= 0.3 is 0 Å². The van der Waals surface area contributed by atoms with Crippen molar-refractivity contribution in [2.45, 2.75) is 6.92 Å². The largest absolute Gasteiger partial charge is 0.334 e. The van der Waals surface area contributed by atoms with Crippen LogP contribution in [-0.4, -0.2) is 47.8 Å². The van der Waals surface area contributed by atoms with Crippen LogP contribution in [0.4, 0.5) is 4.39 Å². The quantitative estimate of drug-likeness (QED) is 0.632. The Bertz CT molecular complexity index is 1020. The highest BCUT2D eigenvalue weighted by Gasteiger charge is 2.27. The first-order valence-corrected chi connectivity index (χ1v) is 10.7. The van der Waals surface area contributed by atoms with Crippen LogP contribution >= 0.6 is 22.7 Å². The van der Waals surface area contributed by atoms with Crippen LogP contribution in [0.3, 0.4) is 0 Å². The van der Waals surface area contributed by atoms with Crippen molar-refractivity contribution in [2.24, 2.45) is 0 Å². The van der Waals surface area contributed by atoms with Gasteiger partial charge in [-0.05, 0) is 37.3 Å². The molecule has 0 N–H and O–H groups in total. The van der Waals surface area contributed by atoms with Crippen molar-refractivity contribution in [3.8, 4) is 10.4 Å². The number of piperazine rings is 1. The Hall–Kier alpha value is -2.51. The van der Waals surface area contributed by atoms with Gasteiger partial charge in [0.05, 0.1) is 9.75 Å². The van der Waals surface area contributed by atoms with Crippen LogP contribution in [0.5, 0.6) is 0 Å². The fraction of sp³-hybridized carbons (Fsp3) is 0.238. The summed E-state index contributed by atoms with van der Waals surface area (Å²) < 4.78 is 14.0. The molecule has 1 aliphatic rings. The van der Waals surface area contributed by atoms with Crippen LogP contribution in [-0.2, 0) is 0 Å². The molecule has 7 heteroatoms. The third-order valence-electron chi connectivity index (χ3n) is 4.76. The van der Waals surface area contributed by atoms with E-state index in [1.165, 1.54) is 28.7 Å². The lowest BCUT2D eigenvalue weighted by Crippen LogP contribution is -2.50. The molecule has 4 rings (SSSR count). The minimum Gasteiger partial charge on any atom is -0.334 e. The molecule has 0 bridgehead atoms. The van der Waals surface area contributed by atoms with Crippen molar-refractivity contribution >= 4 is 34.5 Å². The number of amides is 2. The first kappa shape index (κ1) is 18.8. The summed E-state index contributed by atoms with van der Waals surface area (Å²) in [5.74, 6) is -0.325. The molecule has 1 fully saturated rings. The first-order chi connectivity index (χ1) is 13.5. The van der Waals surface area contributed by atoms with Crippen LogP contribution in [0.1, 0.15) is 24.2 Å². The van der Waals surface area contributed by atoms with Gasteiger partial charge < -0.3 is 9.80 Å². The molecule has 0 spiro atoms. The molecule has 1 aliphatic heterocycles. The maximum Gasteiger partial charge on any atom is 0.264 e.